The molecule has 0 atom stereocenters. The van der Waals surface area contributed by atoms with Crippen LogP contribution in [-0.4, -0.2) is 27.3 Å². The summed E-state index contributed by atoms with van der Waals surface area (Å²) < 4.78 is 9.34. The minimum atomic E-state index is -0.295. The zero-order valence-electron chi connectivity index (χ0n) is 15.8. The molecule has 2 aromatic carbocycles. The molecule has 1 heterocycles. The van der Waals surface area contributed by atoms with Crippen molar-refractivity contribution in [2.75, 3.05) is 23.4 Å². The Balaban J connectivity index is 1.44. The molecule has 9 nitrogen and oxygen atoms in total. The van der Waals surface area contributed by atoms with Gasteiger partial charge >= 0.3 is 0 Å². The minimum absolute atomic E-state index is 0.0741. The summed E-state index contributed by atoms with van der Waals surface area (Å²) in [5.41, 5.74) is 12.9. The molecule has 1 aromatic heterocycles. The van der Waals surface area contributed by atoms with Gasteiger partial charge in [0.1, 0.15) is 29.6 Å². The Hall–Kier alpha value is -3.88. The van der Waals surface area contributed by atoms with E-state index in [1.165, 1.54) is 18.2 Å². The molecule has 0 bridgehead atoms. The summed E-state index contributed by atoms with van der Waals surface area (Å²) in [6.07, 6.45) is 6.22. The number of rotatable bonds is 8. The molecule has 9 heteroatoms. The molecule has 0 radical (unpaired) electrons. The Morgan fingerprint density at radius 3 is 2.76 bits per heavy atom. The minimum Gasteiger partial charge on any atom is -0.508 e. The fourth-order valence-electron chi connectivity index (χ4n) is 2.77. The lowest BCUT2D eigenvalue weighted by Crippen LogP contribution is -2.38. The van der Waals surface area contributed by atoms with Gasteiger partial charge in [0.25, 0.3) is 5.91 Å². The van der Waals surface area contributed by atoms with E-state index in [4.69, 9.17) is 16.2 Å². The molecule has 0 aliphatic rings. The van der Waals surface area contributed by atoms with Gasteiger partial charge in [-0.1, -0.05) is 0 Å². The van der Waals surface area contributed by atoms with Gasteiger partial charge in [-0.05, 0) is 30.3 Å². The average molecular weight is 398 g/mol. The van der Waals surface area contributed by atoms with Crippen LogP contribution in [0.25, 0.3) is 0 Å². The number of aromatic hydroxyl groups is 2. The summed E-state index contributed by atoms with van der Waals surface area (Å²) in [5, 5.41) is 21.6. The van der Waals surface area contributed by atoms with Crippen molar-refractivity contribution in [2.45, 2.75) is 19.5 Å². The number of nitrogens with one attached hydrogen (secondary N) is 1. The molecule has 7 N–H and O–H groups in total. The Morgan fingerprint density at radius 1 is 1.17 bits per heavy atom. The number of carbonyl (C=O) groups excluding carboxylic acids is 1. The Kier molecular flexibility index (Phi) is 6.08. The van der Waals surface area contributed by atoms with Crippen molar-refractivity contribution in [2.24, 2.45) is 0 Å². The maximum atomic E-state index is 12.1. The van der Waals surface area contributed by atoms with Gasteiger partial charge in [0.15, 0.2) is 6.54 Å². The summed E-state index contributed by atoms with van der Waals surface area (Å²) >= 11 is 0. The van der Waals surface area contributed by atoms with Crippen LogP contribution in [-0.2, 0) is 17.9 Å². The number of amides is 1. The number of hydrogen-bond acceptors (Lipinski definition) is 6. The van der Waals surface area contributed by atoms with Gasteiger partial charge in [0, 0.05) is 18.2 Å². The zero-order chi connectivity index (χ0) is 20.8. The van der Waals surface area contributed by atoms with E-state index in [0.29, 0.717) is 30.3 Å². The van der Waals surface area contributed by atoms with Crippen LogP contribution in [0.5, 0.6) is 17.2 Å². The van der Waals surface area contributed by atoms with Crippen molar-refractivity contribution < 1.29 is 24.3 Å². The number of phenols is 2. The number of phenolic OH excluding ortho intramolecular Hbond substituents is 2. The van der Waals surface area contributed by atoms with Crippen LogP contribution in [0.4, 0.5) is 17.1 Å². The van der Waals surface area contributed by atoms with Crippen LogP contribution in [0.1, 0.15) is 6.42 Å². The van der Waals surface area contributed by atoms with Crippen LogP contribution in [0.2, 0.25) is 0 Å². The third-order valence-electron chi connectivity index (χ3n) is 4.18. The number of aromatic nitrogens is 2. The lowest BCUT2D eigenvalue weighted by Gasteiger charge is -2.08. The number of ether oxygens (including phenoxy) is 1. The number of nitrogens with two attached hydrogens (primary N) is 2. The fraction of sp³-hybridized carbons (Fsp3) is 0.200. The molecule has 0 fully saturated rings. The summed E-state index contributed by atoms with van der Waals surface area (Å²) in [7, 11) is 0. The first-order chi connectivity index (χ1) is 13.9. The van der Waals surface area contributed by atoms with E-state index < -0.39 is 0 Å². The second kappa shape index (κ2) is 8.87. The number of nitrogens with zero attached hydrogens (tertiary/aromatic N) is 2. The highest BCUT2D eigenvalue weighted by atomic mass is 16.5. The quantitative estimate of drug-likeness (QED) is 0.128. The lowest BCUT2D eigenvalue weighted by atomic mass is 10.2. The molecule has 3 rings (SSSR count). The molecule has 29 heavy (non-hydrogen) atoms. The largest absolute Gasteiger partial charge is 0.508 e. The van der Waals surface area contributed by atoms with Crippen molar-refractivity contribution >= 4 is 23.0 Å². The average Bonchev–Trinajstić information content (AvgIpc) is 3.09. The molecule has 0 aliphatic carbocycles. The topological polar surface area (TPSA) is 140 Å². The van der Waals surface area contributed by atoms with E-state index in [0.717, 1.165) is 6.42 Å². The van der Waals surface area contributed by atoms with Crippen LogP contribution in [0, 0.1) is 0 Å². The number of benzene rings is 2. The highest BCUT2D eigenvalue weighted by Gasteiger charge is 2.12. The van der Waals surface area contributed by atoms with Gasteiger partial charge in [0.2, 0.25) is 6.33 Å². The first-order valence-corrected chi connectivity index (χ1v) is 9.05. The van der Waals surface area contributed by atoms with E-state index >= 15 is 0 Å². The van der Waals surface area contributed by atoms with Crippen molar-refractivity contribution in [3.8, 4) is 17.2 Å². The van der Waals surface area contributed by atoms with Crippen LogP contribution < -0.4 is 26.1 Å². The van der Waals surface area contributed by atoms with E-state index in [2.05, 4.69) is 5.32 Å². The normalized spacial score (nSPS) is 10.6. The first-order valence-electron chi connectivity index (χ1n) is 9.05. The second-order valence-corrected chi connectivity index (χ2v) is 6.57. The van der Waals surface area contributed by atoms with Gasteiger partial charge in [-0.2, -0.15) is 0 Å². The predicted octanol–water partition coefficient (Wildman–Crippen LogP) is 1.46. The smallest absolute Gasteiger partial charge is 0.266 e. The molecular formula is C20H24N5O4+. The molecule has 0 spiro atoms. The van der Waals surface area contributed by atoms with E-state index in [-0.39, 0.29) is 29.6 Å². The number of nitrogen functional groups attached to an aromatic ring is 2. The maximum absolute atomic E-state index is 12.1. The summed E-state index contributed by atoms with van der Waals surface area (Å²) in [5.74, 6) is 0.0458. The molecule has 152 valence electrons. The fourth-order valence-corrected chi connectivity index (χ4v) is 2.77. The van der Waals surface area contributed by atoms with E-state index in [1.54, 1.807) is 29.0 Å². The monoisotopic (exact) mass is 398 g/mol. The molecule has 0 saturated heterocycles. The molecule has 0 aliphatic heterocycles. The van der Waals surface area contributed by atoms with Crippen LogP contribution in [0.15, 0.2) is 55.1 Å². The second-order valence-electron chi connectivity index (χ2n) is 6.57. The Labute approximate surface area is 167 Å². The summed E-state index contributed by atoms with van der Waals surface area (Å²) in [4.78, 5) is 12.1. The van der Waals surface area contributed by atoms with Crippen LogP contribution >= 0.6 is 0 Å². The van der Waals surface area contributed by atoms with Crippen LogP contribution in [0.3, 0.4) is 0 Å². The van der Waals surface area contributed by atoms with Gasteiger partial charge in [-0.3, -0.25) is 4.79 Å². The number of anilines is 3. The van der Waals surface area contributed by atoms with Crippen molar-refractivity contribution in [1.82, 2.24) is 4.57 Å². The van der Waals surface area contributed by atoms with Gasteiger partial charge in [-0.25, -0.2) is 9.13 Å². The number of carbonyl (C=O) groups is 1. The van der Waals surface area contributed by atoms with E-state index in [9.17, 15) is 15.0 Å². The predicted molar refractivity (Wildman–Crippen MR) is 108 cm³/mol. The summed E-state index contributed by atoms with van der Waals surface area (Å²) in [6.45, 7) is 1.29. The zero-order valence-corrected chi connectivity index (χ0v) is 15.8. The van der Waals surface area contributed by atoms with Crippen molar-refractivity contribution in [1.29, 1.82) is 0 Å². The standard InChI is InChI=1S/C20H23N5O4/c21-14-2-5-19(16(22)10-14)29-9-1-6-24-7-8-25(13-24)12-20(28)23-17-4-3-15(26)11-18(17)27/h2-5,7-8,10-11,13H,1,6,9,12,21-22H2,(H2-,23,26,27,28)/p+1. The lowest BCUT2D eigenvalue weighted by molar-refractivity contribution is -0.683. The Morgan fingerprint density at radius 2 is 2.00 bits per heavy atom. The molecule has 1 amide bonds. The first kappa shape index (κ1) is 19.9. The third kappa shape index (κ3) is 5.55. The molecule has 3 aromatic rings. The van der Waals surface area contributed by atoms with Gasteiger partial charge < -0.3 is 31.7 Å². The summed E-state index contributed by atoms with van der Waals surface area (Å²) in [6, 6.07) is 9.14. The van der Waals surface area contributed by atoms with E-state index in [1.807, 2.05) is 17.1 Å². The highest BCUT2D eigenvalue weighted by molar-refractivity contribution is 5.91. The highest BCUT2D eigenvalue weighted by Crippen LogP contribution is 2.27. The molecular weight excluding hydrogens is 374 g/mol. The number of aryl methyl sites for hydroxylation is 1. The third-order valence-corrected chi connectivity index (χ3v) is 4.18. The SMILES string of the molecule is Nc1ccc(OCCCn2cc[n+](CC(=O)Nc3ccc(O)cc3O)c2)c(N)c1. The Bertz CT molecular complexity index is 1000. The van der Waals surface area contributed by atoms with Crippen molar-refractivity contribution in [3.63, 3.8) is 0 Å². The van der Waals surface area contributed by atoms with Crippen molar-refractivity contribution in [3.05, 3.63) is 55.1 Å². The van der Waals surface area contributed by atoms with Gasteiger partial charge in [0.05, 0.1) is 24.5 Å². The number of imidazole rings is 1. The maximum Gasteiger partial charge on any atom is 0.266 e. The molecule has 0 saturated carbocycles. The van der Waals surface area contributed by atoms with Gasteiger partial charge in [-0.15, -0.1) is 0 Å². The number of hydrogen-bond donors (Lipinski definition) is 5. The molecule has 0 unspecified atom stereocenters.